The first-order chi connectivity index (χ1) is 12.6. The summed E-state index contributed by atoms with van der Waals surface area (Å²) >= 11 is 0. The van der Waals surface area contributed by atoms with Gasteiger partial charge in [0.25, 0.3) is 0 Å². The predicted molar refractivity (Wildman–Crippen MR) is 97.2 cm³/mol. The Labute approximate surface area is 152 Å². The van der Waals surface area contributed by atoms with Gasteiger partial charge in [0.2, 0.25) is 0 Å². The lowest BCUT2D eigenvalue weighted by atomic mass is 9.90. The molecule has 2 aromatic carbocycles. The lowest BCUT2D eigenvalue weighted by molar-refractivity contribution is 0.0474. The number of ether oxygens (including phenoxy) is 3. The largest absolute Gasteiger partial charge is 0.493 e. The maximum absolute atomic E-state index is 12.3. The molecule has 0 radical (unpaired) electrons. The third-order valence-electron chi connectivity index (χ3n) is 4.62. The van der Waals surface area contributed by atoms with Gasteiger partial charge >= 0.3 is 5.97 Å². The van der Waals surface area contributed by atoms with Crippen LogP contribution in [0, 0.1) is 0 Å². The van der Waals surface area contributed by atoms with E-state index in [9.17, 15) is 9.59 Å². The molecule has 5 nitrogen and oxygen atoms in total. The van der Waals surface area contributed by atoms with Gasteiger partial charge in [0.1, 0.15) is 0 Å². The standard InChI is InChI=1S/C21H22O5/c1-24-19-10-9-16(12-20(19)25-2)18(22)13-26-21(23)17-8-7-14-5-3-4-6-15(14)11-17/h7-12H,3-6,13H2,1-2H3. The van der Waals surface area contributed by atoms with Crippen LogP contribution in [0.2, 0.25) is 0 Å². The monoisotopic (exact) mass is 354 g/mol. The Hall–Kier alpha value is -2.82. The number of esters is 1. The summed E-state index contributed by atoms with van der Waals surface area (Å²) in [6.45, 7) is -0.314. The van der Waals surface area contributed by atoms with Gasteiger partial charge in [0, 0.05) is 5.56 Å². The van der Waals surface area contributed by atoms with Gasteiger partial charge in [-0.1, -0.05) is 6.07 Å². The number of fused-ring (bicyclic) bond motifs is 1. The van der Waals surface area contributed by atoms with Gasteiger partial charge in [-0.15, -0.1) is 0 Å². The molecule has 0 amide bonds. The molecule has 0 unspecified atom stereocenters. The number of ketones is 1. The highest BCUT2D eigenvalue weighted by Gasteiger charge is 2.16. The van der Waals surface area contributed by atoms with Gasteiger partial charge < -0.3 is 14.2 Å². The molecule has 1 aliphatic rings. The third-order valence-corrected chi connectivity index (χ3v) is 4.62. The van der Waals surface area contributed by atoms with Crippen molar-refractivity contribution in [1.82, 2.24) is 0 Å². The molecule has 1 aliphatic carbocycles. The fourth-order valence-electron chi connectivity index (χ4n) is 3.17. The highest BCUT2D eigenvalue weighted by atomic mass is 16.5. The van der Waals surface area contributed by atoms with E-state index in [1.165, 1.54) is 31.8 Å². The Morgan fingerprint density at radius 3 is 2.27 bits per heavy atom. The van der Waals surface area contributed by atoms with E-state index in [-0.39, 0.29) is 12.4 Å². The Bertz CT molecular complexity index is 774. The van der Waals surface area contributed by atoms with E-state index < -0.39 is 5.97 Å². The topological polar surface area (TPSA) is 61.8 Å². The van der Waals surface area contributed by atoms with Crippen molar-refractivity contribution in [3.05, 3.63) is 58.7 Å². The molecule has 0 atom stereocenters. The Kier molecular flexibility index (Phi) is 5.56. The van der Waals surface area contributed by atoms with Gasteiger partial charge in [-0.25, -0.2) is 4.79 Å². The molecule has 0 bridgehead atoms. The number of aryl methyl sites for hydroxylation is 2. The van der Waals surface area contributed by atoms with Crippen molar-refractivity contribution in [3.63, 3.8) is 0 Å². The van der Waals surface area contributed by atoms with Gasteiger partial charge in [-0.3, -0.25) is 4.79 Å². The van der Waals surface area contributed by atoms with Crippen LogP contribution in [0.1, 0.15) is 44.7 Å². The van der Waals surface area contributed by atoms with Crippen molar-refractivity contribution in [2.24, 2.45) is 0 Å². The van der Waals surface area contributed by atoms with E-state index in [1.807, 2.05) is 12.1 Å². The summed E-state index contributed by atoms with van der Waals surface area (Å²) in [4.78, 5) is 24.6. The zero-order chi connectivity index (χ0) is 18.5. The van der Waals surface area contributed by atoms with Crippen LogP contribution in [0.25, 0.3) is 0 Å². The molecule has 26 heavy (non-hydrogen) atoms. The third kappa shape index (κ3) is 3.87. The first-order valence-electron chi connectivity index (χ1n) is 8.66. The molecule has 136 valence electrons. The number of rotatable bonds is 6. The van der Waals surface area contributed by atoms with Crippen molar-refractivity contribution in [2.75, 3.05) is 20.8 Å². The average Bonchev–Trinajstić information content (AvgIpc) is 2.70. The summed E-state index contributed by atoms with van der Waals surface area (Å²) in [5, 5.41) is 0. The van der Waals surface area contributed by atoms with E-state index in [0.29, 0.717) is 22.6 Å². The van der Waals surface area contributed by atoms with Crippen molar-refractivity contribution in [1.29, 1.82) is 0 Å². The van der Waals surface area contributed by atoms with Crippen molar-refractivity contribution in [2.45, 2.75) is 25.7 Å². The molecule has 0 spiro atoms. The first kappa shape index (κ1) is 18.0. The summed E-state index contributed by atoms with van der Waals surface area (Å²) in [7, 11) is 3.03. The van der Waals surface area contributed by atoms with E-state index in [4.69, 9.17) is 14.2 Å². The van der Waals surface area contributed by atoms with Crippen molar-refractivity contribution in [3.8, 4) is 11.5 Å². The zero-order valence-electron chi connectivity index (χ0n) is 15.0. The highest BCUT2D eigenvalue weighted by Crippen LogP contribution is 2.28. The van der Waals surface area contributed by atoms with Crippen LogP contribution >= 0.6 is 0 Å². The van der Waals surface area contributed by atoms with Gasteiger partial charge in [-0.2, -0.15) is 0 Å². The predicted octanol–water partition coefficient (Wildman–Crippen LogP) is 3.62. The average molecular weight is 354 g/mol. The summed E-state index contributed by atoms with van der Waals surface area (Å²) in [6.07, 6.45) is 4.38. The number of hydrogen-bond acceptors (Lipinski definition) is 5. The van der Waals surface area contributed by atoms with E-state index in [0.717, 1.165) is 19.3 Å². The summed E-state index contributed by atoms with van der Waals surface area (Å²) in [6, 6.07) is 10.5. The number of carbonyl (C=O) groups excluding carboxylic acids is 2. The van der Waals surface area contributed by atoms with Crippen LogP contribution in [-0.2, 0) is 17.6 Å². The normalized spacial score (nSPS) is 12.8. The molecule has 0 saturated carbocycles. The lowest BCUT2D eigenvalue weighted by Gasteiger charge is -2.16. The Morgan fingerprint density at radius 1 is 0.846 bits per heavy atom. The number of Topliss-reactive ketones (excluding diaryl/α,β-unsaturated/α-hetero) is 1. The molecule has 2 aromatic rings. The molecule has 0 N–H and O–H groups in total. The van der Waals surface area contributed by atoms with Crippen molar-refractivity contribution < 1.29 is 23.8 Å². The minimum Gasteiger partial charge on any atom is -0.493 e. The quantitative estimate of drug-likeness (QED) is 0.586. The minimum absolute atomic E-state index is 0.294. The van der Waals surface area contributed by atoms with E-state index >= 15 is 0 Å². The maximum Gasteiger partial charge on any atom is 0.338 e. The summed E-state index contributed by atoms with van der Waals surface area (Å²) in [5.41, 5.74) is 3.40. The second-order valence-corrected chi connectivity index (χ2v) is 6.26. The molecule has 0 heterocycles. The van der Waals surface area contributed by atoms with Crippen LogP contribution in [0.4, 0.5) is 0 Å². The molecular formula is C21H22O5. The Balaban J connectivity index is 1.65. The summed E-state index contributed by atoms with van der Waals surface area (Å²) < 4.78 is 15.5. The molecular weight excluding hydrogens is 332 g/mol. The molecule has 0 saturated heterocycles. The fraction of sp³-hybridized carbons (Fsp3) is 0.333. The number of methoxy groups -OCH3 is 2. The van der Waals surface area contributed by atoms with Gasteiger partial charge in [0.05, 0.1) is 19.8 Å². The van der Waals surface area contributed by atoms with Gasteiger partial charge in [-0.05, 0) is 67.1 Å². The van der Waals surface area contributed by atoms with E-state index in [2.05, 4.69) is 0 Å². The smallest absolute Gasteiger partial charge is 0.338 e. The second kappa shape index (κ2) is 8.04. The number of hydrogen-bond donors (Lipinski definition) is 0. The molecule has 0 aliphatic heterocycles. The van der Waals surface area contributed by atoms with Gasteiger partial charge in [0.15, 0.2) is 23.9 Å². The van der Waals surface area contributed by atoms with Crippen LogP contribution in [0.15, 0.2) is 36.4 Å². The fourth-order valence-corrected chi connectivity index (χ4v) is 3.17. The number of benzene rings is 2. The minimum atomic E-state index is -0.479. The lowest BCUT2D eigenvalue weighted by Crippen LogP contribution is -2.15. The van der Waals surface area contributed by atoms with Crippen LogP contribution < -0.4 is 9.47 Å². The Morgan fingerprint density at radius 2 is 1.54 bits per heavy atom. The van der Waals surface area contributed by atoms with E-state index in [1.54, 1.807) is 24.3 Å². The second-order valence-electron chi connectivity index (χ2n) is 6.26. The SMILES string of the molecule is COc1ccc(C(=O)COC(=O)c2ccc3c(c2)CCCC3)cc1OC. The zero-order valence-corrected chi connectivity index (χ0v) is 15.0. The number of carbonyl (C=O) groups is 2. The maximum atomic E-state index is 12.3. The molecule has 0 fully saturated rings. The molecule has 5 heteroatoms. The van der Waals surface area contributed by atoms with Crippen LogP contribution in [-0.4, -0.2) is 32.6 Å². The molecule has 3 rings (SSSR count). The van der Waals surface area contributed by atoms with Crippen molar-refractivity contribution >= 4 is 11.8 Å². The first-order valence-corrected chi connectivity index (χ1v) is 8.66. The molecule has 0 aromatic heterocycles. The van der Waals surface area contributed by atoms with Crippen LogP contribution in [0.5, 0.6) is 11.5 Å². The van der Waals surface area contributed by atoms with Crippen LogP contribution in [0.3, 0.4) is 0 Å². The highest BCUT2D eigenvalue weighted by molar-refractivity contribution is 5.99. The summed E-state index contributed by atoms with van der Waals surface area (Å²) in [5.74, 6) is 0.221.